The quantitative estimate of drug-likeness (QED) is 0.479. The van der Waals surface area contributed by atoms with E-state index in [1.807, 2.05) is 12.2 Å². The molecular weight excluding hydrogens is 270 g/mol. The lowest BCUT2D eigenvalue weighted by molar-refractivity contribution is -0.164. The van der Waals surface area contributed by atoms with Crippen LogP contribution in [0.15, 0.2) is 36.1 Å². The molecule has 1 amide bonds. The van der Waals surface area contributed by atoms with Gasteiger partial charge in [-0.05, 0) is 25.3 Å². The summed E-state index contributed by atoms with van der Waals surface area (Å²) in [4.78, 5) is 26.1. The minimum Gasteiger partial charge on any atom is -0.457 e. The average molecular weight is 289 g/mol. The topological polar surface area (TPSA) is 66.8 Å². The van der Waals surface area contributed by atoms with E-state index in [0.29, 0.717) is 5.70 Å². The first-order chi connectivity index (χ1) is 10.1. The number of rotatable bonds is 4. The Labute approximate surface area is 123 Å². The molecule has 3 aliphatic rings. The third-order valence-corrected chi connectivity index (χ3v) is 4.50. The van der Waals surface area contributed by atoms with Crippen molar-refractivity contribution in [1.29, 1.82) is 0 Å². The van der Waals surface area contributed by atoms with Crippen LogP contribution in [-0.4, -0.2) is 40.6 Å². The van der Waals surface area contributed by atoms with Crippen molar-refractivity contribution in [2.24, 2.45) is 11.8 Å². The number of hydrogen-bond acceptors (Lipinski definition) is 4. The van der Waals surface area contributed by atoms with Crippen LogP contribution in [0.4, 0.5) is 0 Å². The van der Waals surface area contributed by atoms with Gasteiger partial charge in [-0.2, -0.15) is 0 Å². The van der Waals surface area contributed by atoms with E-state index in [1.165, 1.54) is 11.0 Å². The van der Waals surface area contributed by atoms with Gasteiger partial charge in [-0.1, -0.05) is 24.8 Å². The van der Waals surface area contributed by atoms with E-state index in [1.54, 1.807) is 6.92 Å². The standard InChI is InChI=1S/C16H19NO4/c1-3-8-21-16(20)14-11-7-5-4-6-10(11)13-12(9(2)18)15(19)17(13)14/h3,5,7,9-10,12-13,18H,1,4,6,8H2,2H3/t9-,10+,12-,13-/m1/s1. The summed E-state index contributed by atoms with van der Waals surface area (Å²) < 4.78 is 5.12. The Morgan fingerprint density at radius 3 is 3.10 bits per heavy atom. The zero-order valence-corrected chi connectivity index (χ0v) is 12.0. The normalized spacial score (nSPS) is 31.4. The number of β-lactam (4-membered cyclic amide) rings is 1. The van der Waals surface area contributed by atoms with E-state index in [-0.39, 0.29) is 24.5 Å². The fourth-order valence-corrected chi connectivity index (χ4v) is 3.65. The van der Waals surface area contributed by atoms with E-state index in [0.717, 1.165) is 18.4 Å². The van der Waals surface area contributed by atoms with Crippen molar-refractivity contribution in [2.75, 3.05) is 6.61 Å². The van der Waals surface area contributed by atoms with Crippen molar-refractivity contribution in [1.82, 2.24) is 4.90 Å². The van der Waals surface area contributed by atoms with Gasteiger partial charge >= 0.3 is 5.97 Å². The molecule has 21 heavy (non-hydrogen) atoms. The molecule has 5 heteroatoms. The minimum atomic E-state index is -0.700. The molecule has 1 saturated heterocycles. The first kappa shape index (κ1) is 14.1. The number of aliphatic hydroxyl groups excluding tert-OH is 1. The van der Waals surface area contributed by atoms with Crippen LogP contribution in [0, 0.1) is 11.8 Å². The van der Waals surface area contributed by atoms with Gasteiger partial charge in [-0.25, -0.2) is 4.79 Å². The number of amides is 1. The highest BCUT2D eigenvalue weighted by Gasteiger charge is 2.60. The lowest BCUT2D eigenvalue weighted by atomic mass is 9.74. The van der Waals surface area contributed by atoms with Crippen LogP contribution in [0.3, 0.4) is 0 Å². The monoisotopic (exact) mass is 289 g/mol. The van der Waals surface area contributed by atoms with E-state index in [4.69, 9.17) is 4.74 Å². The van der Waals surface area contributed by atoms with Crippen molar-refractivity contribution in [2.45, 2.75) is 31.9 Å². The molecule has 3 rings (SSSR count). The summed E-state index contributed by atoms with van der Waals surface area (Å²) in [6.07, 6.45) is 6.55. The summed E-state index contributed by atoms with van der Waals surface area (Å²) in [6.45, 7) is 5.27. The Balaban J connectivity index is 1.95. The molecule has 0 bridgehead atoms. The Bertz CT molecular complexity index is 561. The Hall–Kier alpha value is -1.88. The SMILES string of the molecule is C=CCOC(=O)C1=C2C=CCC[C@@H]2[C@@H]2[C@@H]([C@@H](C)O)C(=O)N12. The second-order valence-electron chi connectivity index (χ2n) is 5.74. The van der Waals surface area contributed by atoms with Gasteiger partial charge in [0.05, 0.1) is 18.1 Å². The molecule has 1 N–H and O–H groups in total. The molecule has 2 aliphatic heterocycles. The lowest BCUT2D eigenvalue weighted by Gasteiger charge is -2.47. The predicted molar refractivity (Wildman–Crippen MR) is 75.9 cm³/mol. The first-order valence-corrected chi connectivity index (χ1v) is 7.27. The molecule has 4 atom stereocenters. The van der Waals surface area contributed by atoms with Crippen molar-refractivity contribution >= 4 is 11.9 Å². The van der Waals surface area contributed by atoms with Crippen LogP contribution in [0.2, 0.25) is 0 Å². The second kappa shape index (κ2) is 5.15. The number of fused-ring (bicyclic) bond motifs is 3. The van der Waals surface area contributed by atoms with E-state index >= 15 is 0 Å². The molecule has 112 valence electrons. The predicted octanol–water partition coefficient (Wildman–Crippen LogP) is 1.16. The molecule has 1 fully saturated rings. The average Bonchev–Trinajstić information content (AvgIpc) is 2.75. The van der Waals surface area contributed by atoms with Gasteiger partial charge in [0, 0.05) is 5.92 Å². The Morgan fingerprint density at radius 2 is 2.43 bits per heavy atom. The van der Waals surface area contributed by atoms with Gasteiger partial charge in [-0.3, -0.25) is 4.79 Å². The first-order valence-electron chi connectivity index (χ1n) is 7.27. The zero-order chi connectivity index (χ0) is 15.1. The number of nitrogens with zero attached hydrogens (tertiary/aromatic N) is 1. The third-order valence-electron chi connectivity index (χ3n) is 4.50. The smallest absolute Gasteiger partial charge is 0.355 e. The lowest BCUT2D eigenvalue weighted by Crippen LogP contribution is -2.64. The molecule has 0 unspecified atom stereocenters. The fraction of sp³-hybridized carbons (Fsp3) is 0.500. The van der Waals surface area contributed by atoms with Crippen LogP contribution >= 0.6 is 0 Å². The van der Waals surface area contributed by atoms with Crippen LogP contribution in [-0.2, 0) is 14.3 Å². The van der Waals surface area contributed by atoms with Crippen LogP contribution in [0.1, 0.15) is 19.8 Å². The minimum absolute atomic E-state index is 0.108. The highest BCUT2D eigenvalue weighted by Crippen LogP contribution is 2.50. The molecule has 0 radical (unpaired) electrons. The summed E-state index contributed by atoms with van der Waals surface area (Å²) in [5, 5.41) is 9.83. The fourth-order valence-electron chi connectivity index (χ4n) is 3.65. The van der Waals surface area contributed by atoms with E-state index in [9.17, 15) is 14.7 Å². The summed E-state index contributed by atoms with van der Waals surface area (Å²) in [5.41, 5.74) is 1.22. The number of carbonyl (C=O) groups is 2. The van der Waals surface area contributed by atoms with Crippen molar-refractivity contribution < 1.29 is 19.4 Å². The van der Waals surface area contributed by atoms with Gasteiger partial charge in [0.2, 0.25) is 5.91 Å². The largest absolute Gasteiger partial charge is 0.457 e. The molecule has 1 aliphatic carbocycles. The Morgan fingerprint density at radius 1 is 1.67 bits per heavy atom. The number of hydrogen-bond donors (Lipinski definition) is 1. The number of aliphatic hydroxyl groups is 1. The van der Waals surface area contributed by atoms with Crippen LogP contribution in [0.5, 0.6) is 0 Å². The maximum Gasteiger partial charge on any atom is 0.355 e. The van der Waals surface area contributed by atoms with Gasteiger partial charge in [-0.15, -0.1) is 0 Å². The van der Waals surface area contributed by atoms with Gasteiger partial charge in [0.15, 0.2) is 0 Å². The molecule has 0 saturated carbocycles. The number of carbonyl (C=O) groups excluding carboxylic acids is 2. The number of ether oxygens (including phenoxy) is 1. The molecule has 0 aromatic carbocycles. The second-order valence-corrected chi connectivity index (χ2v) is 5.74. The van der Waals surface area contributed by atoms with Crippen LogP contribution < -0.4 is 0 Å². The van der Waals surface area contributed by atoms with E-state index in [2.05, 4.69) is 6.58 Å². The van der Waals surface area contributed by atoms with Gasteiger partial charge in [0.1, 0.15) is 12.3 Å². The highest BCUT2D eigenvalue weighted by molar-refractivity contribution is 6.01. The van der Waals surface area contributed by atoms with Crippen molar-refractivity contribution in [3.8, 4) is 0 Å². The molecule has 2 heterocycles. The maximum absolute atomic E-state index is 12.3. The molecule has 5 nitrogen and oxygen atoms in total. The number of esters is 1. The van der Waals surface area contributed by atoms with Crippen LogP contribution in [0.25, 0.3) is 0 Å². The summed E-state index contributed by atoms with van der Waals surface area (Å²) in [5.74, 6) is -0.961. The summed E-state index contributed by atoms with van der Waals surface area (Å²) in [6, 6.07) is -0.108. The summed E-state index contributed by atoms with van der Waals surface area (Å²) >= 11 is 0. The van der Waals surface area contributed by atoms with Crippen molar-refractivity contribution in [3.05, 3.63) is 36.1 Å². The maximum atomic E-state index is 12.3. The molecule has 0 spiro atoms. The van der Waals surface area contributed by atoms with Crippen molar-refractivity contribution in [3.63, 3.8) is 0 Å². The highest BCUT2D eigenvalue weighted by atomic mass is 16.5. The molecule has 0 aromatic rings. The zero-order valence-electron chi connectivity index (χ0n) is 12.0. The van der Waals surface area contributed by atoms with E-state index < -0.39 is 18.0 Å². The number of allylic oxidation sites excluding steroid dienone is 2. The summed E-state index contributed by atoms with van der Waals surface area (Å²) in [7, 11) is 0. The molecular formula is C16H19NO4. The molecule has 0 aromatic heterocycles. The Kier molecular flexibility index (Phi) is 3.45. The third kappa shape index (κ3) is 1.95. The van der Waals surface area contributed by atoms with Gasteiger partial charge in [0.25, 0.3) is 0 Å². The van der Waals surface area contributed by atoms with Gasteiger partial charge < -0.3 is 14.7 Å².